The molecule has 21 heavy (non-hydrogen) atoms. The summed E-state index contributed by atoms with van der Waals surface area (Å²) in [5.74, 6) is -1.80. The van der Waals surface area contributed by atoms with Crippen molar-refractivity contribution in [3.63, 3.8) is 0 Å². The van der Waals surface area contributed by atoms with Crippen molar-refractivity contribution in [2.45, 2.75) is 19.4 Å². The Labute approximate surface area is 122 Å². The number of nitrogens with one attached hydrogen (secondary N) is 1. The zero-order chi connectivity index (χ0) is 15.1. The Kier molecular flexibility index (Phi) is 3.41. The minimum Gasteiger partial charge on any atom is -0.366 e. The van der Waals surface area contributed by atoms with E-state index in [4.69, 9.17) is 0 Å². The van der Waals surface area contributed by atoms with Gasteiger partial charge in [-0.15, -0.1) is 0 Å². The van der Waals surface area contributed by atoms with Crippen LogP contribution in [0.2, 0.25) is 0 Å². The number of anilines is 2. The number of likely N-dealkylation sites (N-methyl/N-ethyl adjacent to an activating group) is 1. The van der Waals surface area contributed by atoms with E-state index in [2.05, 4.69) is 24.2 Å². The van der Waals surface area contributed by atoms with E-state index < -0.39 is 17.5 Å². The Hall–Kier alpha value is -1.95. The standard InChI is InChI=1S/C15H18FN3O2/c1-3-9-8-19(5-4-18(9)2)13-7-12-10(6-11(13)16)14(20)15(21)17-12/h6-7,9H,3-5,8H2,1-2H3,(H,17,20,21). The predicted molar refractivity (Wildman–Crippen MR) is 78.3 cm³/mol. The van der Waals surface area contributed by atoms with Crippen LogP contribution in [-0.4, -0.2) is 49.3 Å². The van der Waals surface area contributed by atoms with Crippen LogP contribution in [0.4, 0.5) is 15.8 Å². The molecular weight excluding hydrogens is 273 g/mol. The molecule has 5 nitrogen and oxygen atoms in total. The molecule has 2 aliphatic rings. The van der Waals surface area contributed by atoms with Gasteiger partial charge in [0.25, 0.3) is 11.7 Å². The van der Waals surface area contributed by atoms with Gasteiger partial charge in [0.1, 0.15) is 5.82 Å². The molecule has 1 amide bonds. The van der Waals surface area contributed by atoms with Crippen LogP contribution in [0.1, 0.15) is 23.7 Å². The second kappa shape index (κ2) is 5.11. The first-order valence-electron chi connectivity index (χ1n) is 7.15. The topological polar surface area (TPSA) is 52.7 Å². The highest BCUT2D eigenvalue weighted by Crippen LogP contribution is 2.32. The second-order valence-electron chi connectivity index (χ2n) is 5.62. The van der Waals surface area contributed by atoms with Crippen molar-refractivity contribution >= 4 is 23.1 Å². The highest BCUT2D eigenvalue weighted by molar-refractivity contribution is 6.51. The van der Waals surface area contributed by atoms with Gasteiger partial charge >= 0.3 is 0 Å². The Morgan fingerprint density at radius 1 is 1.33 bits per heavy atom. The van der Waals surface area contributed by atoms with Gasteiger partial charge in [-0.05, 0) is 25.6 Å². The SMILES string of the molecule is CCC1CN(c2cc3c(cc2F)C(=O)C(=O)N3)CCN1C. The fraction of sp³-hybridized carbons (Fsp3) is 0.467. The zero-order valence-corrected chi connectivity index (χ0v) is 12.1. The summed E-state index contributed by atoms with van der Waals surface area (Å²) >= 11 is 0. The molecular formula is C15H18FN3O2. The fourth-order valence-electron chi connectivity index (χ4n) is 3.00. The quantitative estimate of drug-likeness (QED) is 0.839. The summed E-state index contributed by atoms with van der Waals surface area (Å²) in [4.78, 5) is 27.2. The van der Waals surface area contributed by atoms with Gasteiger partial charge in [-0.3, -0.25) is 14.5 Å². The molecule has 112 valence electrons. The molecule has 1 fully saturated rings. The second-order valence-corrected chi connectivity index (χ2v) is 5.62. The number of fused-ring (bicyclic) bond motifs is 1. The molecule has 1 N–H and O–H groups in total. The maximum absolute atomic E-state index is 14.3. The third kappa shape index (κ3) is 2.29. The molecule has 2 aliphatic heterocycles. The average molecular weight is 291 g/mol. The number of amides is 1. The van der Waals surface area contributed by atoms with E-state index in [0.717, 1.165) is 26.1 Å². The van der Waals surface area contributed by atoms with Gasteiger partial charge in [0, 0.05) is 25.7 Å². The fourth-order valence-corrected chi connectivity index (χ4v) is 3.00. The molecule has 1 aromatic carbocycles. The molecule has 0 aliphatic carbocycles. The summed E-state index contributed by atoms with van der Waals surface area (Å²) in [6.45, 7) is 4.44. The minimum absolute atomic E-state index is 0.127. The molecule has 0 saturated carbocycles. The van der Waals surface area contributed by atoms with Crippen molar-refractivity contribution in [3.8, 4) is 0 Å². The Bertz CT molecular complexity index is 617. The molecule has 6 heteroatoms. The lowest BCUT2D eigenvalue weighted by Crippen LogP contribution is -2.51. The average Bonchev–Trinajstić information content (AvgIpc) is 2.74. The van der Waals surface area contributed by atoms with Crippen molar-refractivity contribution in [1.29, 1.82) is 0 Å². The first kappa shape index (κ1) is 14.0. The zero-order valence-electron chi connectivity index (χ0n) is 12.1. The highest BCUT2D eigenvalue weighted by Gasteiger charge is 2.31. The lowest BCUT2D eigenvalue weighted by atomic mass is 10.1. The molecule has 1 atom stereocenters. The van der Waals surface area contributed by atoms with Crippen molar-refractivity contribution in [2.75, 3.05) is 36.9 Å². The van der Waals surface area contributed by atoms with Gasteiger partial charge < -0.3 is 10.2 Å². The number of carbonyl (C=O) groups excluding carboxylic acids is 2. The summed E-state index contributed by atoms with van der Waals surface area (Å²) in [7, 11) is 2.07. The molecule has 0 spiro atoms. The number of nitrogens with zero attached hydrogens (tertiary/aromatic N) is 2. The lowest BCUT2D eigenvalue weighted by Gasteiger charge is -2.40. The summed E-state index contributed by atoms with van der Waals surface area (Å²) in [5, 5.41) is 2.50. The molecule has 0 bridgehead atoms. The van der Waals surface area contributed by atoms with Crippen LogP contribution in [0.5, 0.6) is 0 Å². The monoisotopic (exact) mass is 291 g/mol. The van der Waals surface area contributed by atoms with Crippen LogP contribution in [-0.2, 0) is 4.79 Å². The molecule has 1 unspecified atom stereocenters. The smallest absolute Gasteiger partial charge is 0.296 e. The Morgan fingerprint density at radius 3 is 2.81 bits per heavy atom. The van der Waals surface area contributed by atoms with Crippen LogP contribution >= 0.6 is 0 Å². The van der Waals surface area contributed by atoms with Crippen LogP contribution in [0.15, 0.2) is 12.1 Å². The molecule has 1 saturated heterocycles. The van der Waals surface area contributed by atoms with Crippen LogP contribution < -0.4 is 10.2 Å². The number of carbonyl (C=O) groups is 2. The number of halogens is 1. The third-order valence-electron chi connectivity index (χ3n) is 4.38. The molecule has 2 heterocycles. The summed E-state index contributed by atoms with van der Waals surface area (Å²) in [5.41, 5.74) is 0.992. The van der Waals surface area contributed by atoms with Crippen LogP contribution in [0, 0.1) is 5.82 Å². The van der Waals surface area contributed by atoms with E-state index in [1.165, 1.54) is 6.07 Å². The van der Waals surface area contributed by atoms with Crippen LogP contribution in [0.3, 0.4) is 0 Å². The van der Waals surface area contributed by atoms with Gasteiger partial charge in [0.05, 0.1) is 16.9 Å². The van der Waals surface area contributed by atoms with Crippen molar-refractivity contribution < 1.29 is 14.0 Å². The first-order chi connectivity index (χ1) is 10.0. The normalized spacial score (nSPS) is 22.4. The Morgan fingerprint density at radius 2 is 2.10 bits per heavy atom. The molecule has 3 rings (SSSR count). The van der Waals surface area contributed by atoms with Gasteiger partial charge in [-0.2, -0.15) is 0 Å². The van der Waals surface area contributed by atoms with Gasteiger partial charge in [0.2, 0.25) is 0 Å². The Balaban J connectivity index is 1.92. The van der Waals surface area contributed by atoms with E-state index in [-0.39, 0.29) is 5.56 Å². The number of benzene rings is 1. The van der Waals surface area contributed by atoms with Gasteiger partial charge in [0.15, 0.2) is 0 Å². The number of rotatable bonds is 2. The molecule has 0 aromatic heterocycles. The number of hydrogen-bond acceptors (Lipinski definition) is 4. The van der Waals surface area contributed by atoms with E-state index in [1.54, 1.807) is 6.07 Å². The van der Waals surface area contributed by atoms with E-state index >= 15 is 0 Å². The number of hydrogen-bond donors (Lipinski definition) is 1. The van der Waals surface area contributed by atoms with Crippen molar-refractivity contribution in [1.82, 2.24) is 4.90 Å². The van der Waals surface area contributed by atoms with Crippen molar-refractivity contribution in [3.05, 3.63) is 23.5 Å². The summed E-state index contributed by atoms with van der Waals surface area (Å²) in [6.07, 6.45) is 0.995. The highest BCUT2D eigenvalue weighted by atomic mass is 19.1. The maximum atomic E-state index is 14.3. The predicted octanol–water partition coefficient (Wildman–Crippen LogP) is 1.49. The van der Waals surface area contributed by atoms with Gasteiger partial charge in [-0.1, -0.05) is 6.92 Å². The summed E-state index contributed by atoms with van der Waals surface area (Å²) in [6, 6.07) is 3.12. The molecule has 0 radical (unpaired) electrons. The minimum atomic E-state index is -0.689. The largest absolute Gasteiger partial charge is 0.366 e. The van der Waals surface area contributed by atoms with Gasteiger partial charge in [-0.25, -0.2) is 4.39 Å². The van der Waals surface area contributed by atoms with Crippen molar-refractivity contribution in [2.24, 2.45) is 0 Å². The number of Topliss-reactive ketones (excluding diaryl/α,β-unsaturated/α-hetero) is 1. The number of ketones is 1. The number of piperazine rings is 1. The summed E-state index contributed by atoms with van der Waals surface area (Å²) < 4.78 is 14.3. The van der Waals surface area contributed by atoms with Crippen LogP contribution in [0.25, 0.3) is 0 Å². The van der Waals surface area contributed by atoms with E-state index in [9.17, 15) is 14.0 Å². The third-order valence-corrected chi connectivity index (χ3v) is 4.38. The first-order valence-corrected chi connectivity index (χ1v) is 7.15. The molecule has 1 aromatic rings. The van der Waals surface area contributed by atoms with E-state index in [0.29, 0.717) is 17.4 Å². The lowest BCUT2D eigenvalue weighted by molar-refractivity contribution is -0.112. The maximum Gasteiger partial charge on any atom is 0.296 e. The van der Waals surface area contributed by atoms with E-state index in [1.807, 2.05) is 4.90 Å².